The molecule has 0 saturated carbocycles. The first kappa shape index (κ1) is 19.9. The molecule has 1 fully saturated rings. The Labute approximate surface area is 163 Å². The summed E-state index contributed by atoms with van der Waals surface area (Å²) < 4.78 is 5.86. The standard InChI is InChI=1S/C20H24N4O4/c25-12-18-17(24-20(27)14-4-2-1-3-5-14)7-6-16(28-18)10-19(26)22-11-15-8-9-21-13-23-15/h1-5,8-9,13,16-18,25H,6-7,10-12H2,(H,22,26)(H,24,27)/t16-,17+,18-/m1/s1. The second-order valence-electron chi connectivity index (χ2n) is 6.68. The van der Waals surface area contributed by atoms with Crippen molar-refractivity contribution in [2.75, 3.05) is 6.61 Å². The van der Waals surface area contributed by atoms with Gasteiger partial charge in [-0.2, -0.15) is 0 Å². The normalized spacial score (nSPS) is 21.7. The fourth-order valence-corrected chi connectivity index (χ4v) is 3.18. The molecule has 1 aliphatic heterocycles. The maximum absolute atomic E-state index is 12.3. The molecule has 28 heavy (non-hydrogen) atoms. The van der Waals surface area contributed by atoms with Gasteiger partial charge in [-0.15, -0.1) is 0 Å². The Hall–Kier alpha value is -2.84. The Morgan fingerprint density at radius 3 is 2.71 bits per heavy atom. The van der Waals surface area contributed by atoms with E-state index >= 15 is 0 Å². The van der Waals surface area contributed by atoms with E-state index in [-0.39, 0.29) is 37.0 Å². The molecular weight excluding hydrogens is 360 g/mol. The van der Waals surface area contributed by atoms with Crippen LogP contribution in [0.3, 0.4) is 0 Å². The van der Waals surface area contributed by atoms with E-state index in [0.717, 1.165) is 5.69 Å². The highest BCUT2D eigenvalue weighted by molar-refractivity contribution is 5.94. The summed E-state index contributed by atoms with van der Waals surface area (Å²) in [6.07, 6.45) is 3.66. The lowest BCUT2D eigenvalue weighted by Gasteiger charge is -2.36. The highest BCUT2D eigenvalue weighted by atomic mass is 16.5. The molecule has 8 nitrogen and oxygen atoms in total. The van der Waals surface area contributed by atoms with Gasteiger partial charge in [0.2, 0.25) is 5.91 Å². The maximum atomic E-state index is 12.3. The van der Waals surface area contributed by atoms with Crippen molar-refractivity contribution in [3.63, 3.8) is 0 Å². The van der Waals surface area contributed by atoms with Gasteiger partial charge in [-0.1, -0.05) is 18.2 Å². The number of rotatable bonds is 7. The van der Waals surface area contributed by atoms with Gasteiger partial charge in [0.25, 0.3) is 5.91 Å². The Balaban J connectivity index is 1.47. The van der Waals surface area contributed by atoms with Gasteiger partial charge in [-0.3, -0.25) is 9.59 Å². The largest absolute Gasteiger partial charge is 0.394 e. The number of hydrogen-bond acceptors (Lipinski definition) is 6. The molecule has 1 aromatic heterocycles. The number of amides is 2. The molecule has 3 N–H and O–H groups in total. The Morgan fingerprint density at radius 1 is 1.18 bits per heavy atom. The number of nitrogens with zero attached hydrogens (tertiary/aromatic N) is 2. The first-order valence-corrected chi connectivity index (χ1v) is 9.29. The lowest BCUT2D eigenvalue weighted by Crippen LogP contribution is -2.51. The summed E-state index contributed by atoms with van der Waals surface area (Å²) in [5, 5.41) is 15.4. The van der Waals surface area contributed by atoms with Crippen LogP contribution in [0.1, 0.15) is 35.3 Å². The number of benzene rings is 1. The third kappa shape index (κ3) is 5.58. The van der Waals surface area contributed by atoms with Gasteiger partial charge >= 0.3 is 0 Å². The highest BCUT2D eigenvalue weighted by Gasteiger charge is 2.33. The van der Waals surface area contributed by atoms with Gasteiger partial charge in [0.1, 0.15) is 12.4 Å². The van der Waals surface area contributed by atoms with Crippen LogP contribution in [0.25, 0.3) is 0 Å². The fraction of sp³-hybridized carbons (Fsp3) is 0.400. The van der Waals surface area contributed by atoms with Crippen LogP contribution in [0.5, 0.6) is 0 Å². The van der Waals surface area contributed by atoms with Crippen molar-refractivity contribution in [1.29, 1.82) is 0 Å². The molecule has 148 valence electrons. The molecule has 1 saturated heterocycles. The SMILES string of the molecule is O=C(C[C@H]1CC[C@H](NC(=O)c2ccccc2)[C@@H](CO)O1)NCc1ccncn1. The lowest BCUT2D eigenvalue weighted by atomic mass is 9.96. The summed E-state index contributed by atoms with van der Waals surface area (Å²) in [5.41, 5.74) is 1.29. The molecule has 3 atom stereocenters. The van der Waals surface area contributed by atoms with Crippen molar-refractivity contribution >= 4 is 11.8 Å². The summed E-state index contributed by atoms with van der Waals surface area (Å²) in [7, 11) is 0. The van der Waals surface area contributed by atoms with Crippen LogP contribution in [-0.4, -0.2) is 51.7 Å². The molecule has 3 rings (SSSR count). The fourth-order valence-electron chi connectivity index (χ4n) is 3.18. The number of aliphatic hydroxyl groups excluding tert-OH is 1. The van der Waals surface area contributed by atoms with Crippen LogP contribution in [0.15, 0.2) is 48.9 Å². The number of carbonyl (C=O) groups is 2. The van der Waals surface area contributed by atoms with E-state index in [9.17, 15) is 14.7 Å². The van der Waals surface area contributed by atoms with Crippen LogP contribution in [0.4, 0.5) is 0 Å². The first-order chi connectivity index (χ1) is 13.7. The molecule has 0 unspecified atom stereocenters. The zero-order valence-corrected chi connectivity index (χ0v) is 15.5. The minimum atomic E-state index is -0.541. The second kappa shape index (κ2) is 9.91. The average molecular weight is 384 g/mol. The lowest BCUT2D eigenvalue weighted by molar-refractivity contribution is -0.131. The van der Waals surface area contributed by atoms with Crippen molar-refractivity contribution in [3.05, 3.63) is 60.2 Å². The molecule has 2 aromatic rings. The number of aromatic nitrogens is 2. The quantitative estimate of drug-likeness (QED) is 0.651. The Bertz CT molecular complexity index is 772. The van der Waals surface area contributed by atoms with E-state index < -0.39 is 6.10 Å². The molecule has 2 heterocycles. The molecule has 1 aliphatic rings. The number of nitrogens with one attached hydrogen (secondary N) is 2. The van der Waals surface area contributed by atoms with Crippen molar-refractivity contribution in [3.8, 4) is 0 Å². The third-order valence-electron chi connectivity index (χ3n) is 4.67. The Kier molecular flexibility index (Phi) is 7.05. The van der Waals surface area contributed by atoms with E-state index in [1.54, 1.807) is 36.5 Å². The smallest absolute Gasteiger partial charge is 0.251 e. The van der Waals surface area contributed by atoms with Gasteiger partial charge < -0.3 is 20.5 Å². The molecule has 2 amide bonds. The van der Waals surface area contributed by atoms with Crippen LogP contribution < -0.4 is 10.6 Å². The van der Waals surface area contributed by atoms with E-state index in [1.165, 1.54) is 6.33 Å². The van der Waals surface area contributed by atoms with Crippen molar-refractivity contribution < 1.29 is 19.4 Å². The monoisotopic (exact) mass is 384 g/mol. The summed E-state index contributed by atoms with van der Waals surface area (Å²) in [6, 6.07) is 10.3. The predicted molar refractivity (Wildman–Crippen MR) is 101 cm³/mol. The molecular formula is C20H24N4O4. The molecule has 0 bridgehead atoms. The van der Waals surface area contributed by atoms with Gasteiger partial charge in [0.05, 0.1) is 37.4 Å². The van der Waals surface area contributed by atoms with Gasteiger partial charge in [0.15, 0.2) is 0 Å². The van der Waals surface area contributed by atoms with Crippen LogP contribution >= 0.6 is 0 Å². The van der Waals surface area contributed by atoms with E-state index in [0.29, 0.717) is 24.9 Å². The van der Waals surface area contributed by atoms with Gasteiger partial charge in [0, 0.05) is 11.8 Å². The maximum Gasteiger partial charge on any atom is 0.251 e. The Morgan fingerprint density at radius 2 is 2.00 bits per heavy atom. The number of ether oxygens (including phenoxy) is 1. The molecule has 0 spiro atoms. The number of hydrogen-bond donors (Lipinski definition) is 3. The molecule has 8 heteroatoms. The van der Waals surface area contributed by atoms with Gasteiger partial charge in [-0.05, 0) is 31.0 Å². The van der Waals surface area contributed by atoms with Crippen LogP contribution in [-0.2, 0) is 16.1 Å². The second-order valence-corrected chi connectivity index (χ2v) is 6.68. The minimum absolute atomic E-state index is 0.146. The molecule has 0 aliphatic carbocycles. The van der Waals surface area contributed by atoms with Crippen molar-refractivity contribution in [1.82, 2.24) is 20.6 Å². The highest BCUT2D eigenvalue weighted by Crippen LogP contribution is 2.22. The predicted octanol–water partition coefficient (Wildman–Crippen LogP) is 0.821. The molecule has 1 aromatic carbocycles. The summed E-state index contributed by atoms with van der Waals surface area (Å²) in [6.45, 7) is 0.103. The van der Waals surface area contributed by atoms with Crippen molar-refractivity contribution in [2.45, 2.75) is 44.1 Å². The number of carbonyl (C=O) groups excluding carboxylic acids is 2. The van der Waals surface area contributed by atoms with E-state index in [2.05, 4.69) is 20.6 Å². The number of aliphatic hydroxyl groups is 1. The zero-order chi connectivity index (χ0) is 19.8. The first-order valence-electron chi connectivity index (χ1n) is 9.29. The minimum Gasteiger partial charge on any atom is -0.394 e. The van der Waals surface area contributed by atoms with Crippen LogP contribution in [0, 0.1) is 0 Å². The third-order valence-corrected chi connectivity index (χ3v) is 4.67. The van der Waals surface area contributed by atoms with E-state index in [1.807, 2.05) is 6.07 Å². The van der Waals surface area contributed by atoms with E-state index in [4.69, 9.17) is 4.74 Å². The summed E-state index contributed by atoms with van der Waals surface area (Å²) in [4.78, 5) is 32.4. The van der Waals surface area contributed by atoms with Gasteiger partial charge in [-0.25, -0.2) is 9.97 Å². The average Bonchev–Trinajstić information content (AvgIpc) is 2.74. The summed E-state index contributed by atoms with van der Waals surface area (Å²) in [5.74, 6) is -0.347. The van der Waals surface area contributed by atoms with Crippen molar-refractivity contribution in [2.24, 2.45) is 0 Å². The molecule has 0 radical (unpaired) electrons. The summed E-state index contributed by atoms with van der Waals surface area (Å²) >= 11 is 0. The van der Waals surface area contributed by atoms with Crippen LogP contribution in [0.2, 0.25) is 0 Å². The topological polar surface area (TPSA) is 113 Å². The zero-order valence-electron chi connectivity index (χ0n) is 15.5.